The Kier molecular flexibility index (Phi) is 2.86. The number of hydrogen-bond acceptors (Lipinski definition) is 2. The van der Waals surface area contributed by atoms with Crippen molar-refractivity contribution in [3.8, 4) is 0 Å². The van der Waals surface area contributed by atoms with Crippen LogP contribution in [0.4, 0.5) is 5.69 Å². The third-order valence-electron chi connectivity index (χ3n) is 3.95. The van der Waals surface area contributed by atoms with Crippen LogP contribution >= 0.6 is 0 Å². The molecule has 0 saturated heterocycles. The zero-order valence-corrected chi connectivity index (χ0v) is 10.8. The van der Waals surface area contributed by atoms with Gasteiger partial charge in [0.1, 0.15) is 5.78 Å². The van der Waals surface area contributed by atoms with Gasteiger partial charge in [0.15, 0.2) is 0 Å². The maximum atomic E-state index is 12.6. The molecule has 1 aliphatic carbocycles. The minimum absolute atomic E-state index is 0.246. The minimum Gasteiger partial charge on any atom is -0.399 e. The summed E-state index contributed by atoms with van der Waals surface area (Å²) in [5.74, 6) is 0.323. The van der Waals surface area contributed by atoms with Crippen LogP contribution in [0.1, 0.15) is 24.0 Å². The number of nitrogen functional groups attached to an aromatic ring is 1. The van der Waals surface area contributed by atoms with E-state index in [4.69, 9.17) is 5.73 Å². The fourth-order valence-electron chi connectivity index (χ4n) is 2.61. The van der Waals surface area contributed by atoms with Crippen LogP contribution in [-0.2, 0) is 16.6 Å². The van der Waals surface area contributed by atoms with Crippen molar-refractivity contribution in [3.63, 3.8) is 0 Å². The quantitative estimate of drug-likeness (QED) is 0.848. The molecule has 0 unspecified atom stereocenters. The minimum atomic E-state index is -0.246. The first kappa shape index (κ1) is 12.0. The van der Waals surface area contributed by atoms with Crippen molar-refractivity contribution < 1.29 is 4.79 Å². The van der Waals surface area contributed by atoms with E-state index >= 15 is 0 Å². The van der Waals surface area contributed by atoms with Gasteiger partial charge >= 0.3 is 0 Å². The second-order valence-electron chi connectivity index (χ2n) is 5.29. The Morgan fingerprint density at radius 2 is 1.63 bits per heavy atom. The van der Waals surface area contributed by atoms with E-state index < -0.39 is 0 Å². The maximum Gasteiger partial charge on any atom is 0.147 e. The van der Waals surface area contributed by atoms with Gasteiger partial charge in [0.05, 0.1) is 5.41 Å². The third kappa shape index (κ3) is 2.26. The molecule has 1 fully saturated rings. The average Bonchev–Trinajstić information content (AvgIpc) is 3.22. The SMILES string of the molecule is Nc1ccc(C2(C(=O)Cc3ccccc3)CC2)cc1. The number of ketones is 1. The fraction of sp³-hybridized carbons (Fsp3) is 0.235. The summed E-state index contributed by atoms with van der Waals surface area (Å²) in [6.07, 6.45) is 2.44. The molecule has 2 nitrogen and oxygen atoms in total. The molecule has 1 saturated carbocycles. The lowest BCUT2D eigenvalue weighted by Crippen LogP contribution is -2.22. The lowest BCUT2D eigenvalue weighted by atomic mass is 9.88. The average molecular weight is 251 g/mol. The second-order valence-corrected chi connectivity index (χ2v) is 5.29. The first-order valence-corrected chi connectivity index (χ1v) is 6.64. The van der Waals surface area contributed by atoms with Crippen LogP contribution < -0.4 is 5.73 Å². The van der Waals surface area contributed by atoms with E-state index in [1.807, 2.05) is 54.6 Å². The normalized spacial score (nSPS) is 16.0. The molecular weight excluding hydrogens is 234 g/mol. The largest absolute Gasteiger partial charge is 0.399 e. The molecule has 2 aromatic rings. The first-order chi connectivity index (χ1) is 9.21. The van der Waals surface area contributed by atoms with Gasteiger partial charge in [-0.3, -0.25) is 4.79 Å². The van der Waals surface area contributed by atoms with Crippen molar-refractivity contribution in [2.75, 3.05) is 5.73 Å². The predicted octanol–water partition coefficient (Wildman–Crippen LogP) is 3.11. The van der Waals surface area contributed by atoms with E-state index in [1.54, 1.807) is 0 Å². The molecule has 96 valence electrons. The van der Waals surface area contributed by atoms with Gasteiger partial charge in [-0.05, 0) is 36.1 Å². The Balaban J connectivity index is 1.81. The molecule has 1 aliphatic rings. The smallest absolute Gasteiger partial charge is 0.147 e. The van der Waals surface area contributed by atoms with Crippen molar-refractivity contribution >= 4 is 11.5 Å². The van der Waals surface area contributed by atoms with Crippen LogP contribution in [0, 0.1) is 0 Å². The van der Waals surface area contributed by atoms with Gasteiger partial charge in [-0.25, -0.2) is 0 Å². The molecule has 0 amide bonds. The van der Waals surface area contributed by atoms with Gasteiger partial charge < -0.3 is 5.73 Å². The Morgan fingerprint density at radius 1 is 1.00 bits per heavy atom. The van der Waals surface area contributed by atoms with Crippen LogP contribution in [-0.4, -0.2) is 5.78 Å². The number of anilines is 1. The van der Waals surface area contributed by atoms with Gasteiger partial charge in [-0.1, -0.05) is 42.5 Å². The molecule has 0 spiro atoms. The molecule has 0 bridgehead atoms. The van der Waals surface area contributed by atoms with E-state index in [0.717, 1.165) is 29.7 Å². The molecule has 2 N–H and O–H groups in total. The van der Waals surface area contributed by atoms with Crippen molar-refractivity contribution in [2.45, 2.75) is 24.7 Å². The van der Waals surface area contributed by atoms with E-state index in [1.165, 1.54) is 0 Å². The Labute approximate surface area is 113 Å². The molecule has 2 aromatic carbocycles. The molecular formula is C17H17NO. The lowest BCUT2D eigenvalue weighted by molar-refractivity contribution is -0.120. The maximum absolute atomic E-state index is 12.6. The van der Waals surface area contributed by atoms with Gasteiger partial charge in [0.25, 0.3) is 0 Å². The molecule has 19 heavy (non-hydrogen) atoms. The number of Topliss-reactive ketones (excluding diaryl/α,β-unsaturated/α-hetero) is 1. The predicted molar refractivity (Wildman–Crippen MR) is 76.9 cm³/mol. The highest BCUT2D eigenvalue weighted by atomic mass is 16.1. The third-order valence-corrected chi connectivity index (χ3v) is 3.95. The van der Waals surface area contributed by atoms with E-state index in [2.05, 4.69) is 0 Å². The van der Waals surface area contributed by atoms with Crippen LogP contribution in [0.3, 0.4) is 0 Å². The van der Waals surface area contributed by atoms with E-state index in [-0.39, 0.29) is 5.41 Å². The number of benzene rings is 2. The summed E-state index contributed by atoms with van der Waals surface area (Å²) in [6, 6.07) is 17.7. The highest BCUT2D eigenvalue weighted by Crippen LogP contribution is 2.49. The van der Waals surface area contributed by atoms with Crippen molar-refractivity contribution in [1.82, 2.24) is 0 Å². The molecule has 0 aliphatic heterocycles. The topological polar surface area (TPSA) is 43.1 Å². The van der Waals surface area contributed by atoms with E-state index in [9.17, 15) is 4.79 Å². The van der Waals surface area contributed by atoms with Gasteiger partial charge in [0.2, 0.25) is 0 Å². The van der Waals surface area contributed by atoms with Gasteiger partial charge in [-0.15, -0.1) is 0 Å². The van der Waals surface area contributed by atoms with Crippen molar-refractivity contribution in [3.05, 3.63) is 65.7 Å². The zero-order chi connectivity index (χ0) is 13.3. The summed E-state index contributed by atoms with van der Waals surface area (Å²) >= 11 is 0. The summed E-state index contributed by atoms with van der Waals surface area (Å²) < 4.78 is 0. The van der Waals surface area contributed by atoms with Crippen LogP contribution in [0.25, 0.3) is 0 Å². The molecule has 3 rings (SSSR count). The fourth-order valence-corrected chi connectivity index (χ4v) is 2.61. The van der Waals surface area contributed by atoms with Crippen molar-refractivity contribution in [1.29, 1.82) is 0 Å². The second kappa shape index (κ2) is 4.54. The number of carbonyl (C=O) groups is 1. The van der Waals surface area contributed by atoms with Crippen molar-refractivity contribution in [2.24, 2.45) is 0 Å². The van der Waals surface area contributed by atoms with Gasteiger partial charge in [0, 0.05) is 12.1 Å². The highest BCUT2D eigenvalue weighted by Gasteiger charge is 2.50. The summed E-state index contributed by atoms with van der Waals surface area (Å²) in [7, 11) is 0. The zero-order valence-electron chi connectivity index (χ0n) is 10.8. The molecule has 0 heterocycles. The monoisotopic (exact) mass is 251 g/mol. The molecule has 0 aromatic heterocycles. The summed E-state index contributed by atoms with van der Waals surface area (Å²) in [6.45, 7) is 0. The molecule has 2 heteroatoms. The van der Waals surface area contributed by atoms with Crippen LogP contribution in [0.15, 0.2) is 54.6 Å². The number of nitrogens with two attached hydrogens (primary N) is 1. The lowest BCUT2D eigenvalue weighted by Gasteiger charge is -2.14. The van der Waals surface area contributed by atoms with Crippen LogP contribution in [0.5, 0.6) is 0 Å². The van der Waals surface area contributed by atoms with Crippen LogP contribution in [0.2, 0.25) is 0 Å². The Bertz CT molecular complexity index is 582. The number of hydrogen-bond donors (Lipinski definition) is 1. The Morgan fingerprint density at radius 3 is 2.21 bits per heavy atom. The number of carbonyl (C=O) groups excluding carboxylic acids is 1. The summed E-state index contributed by atoms with van der Waals surface area (Å²) in [5.41, 5.74) is 8.41. The summed E-state index contributed by atoms with van der Waals surface area (Å²) in [5, 5.41) is 0. The molecule has 0 radical (unpaired) electrons. The van der Waals surface area contributed by atoms with E-state index in [0.29, 0.717) is 12.2 Å². The van der Waals surface area contributed by atoms with Gasteiger partial charge in [-0.2, -0.15) is 0 Å². The highest BCUT2D eigenvalue weighted by molar-refractivity contribution is 5.94. The first-order valence-electron chi connectivity index (χ1n) is 6.64. The molecule has 0 atom stereocenters. The standard InChI is InChI=1S/C17H17NO/c18-15-8-6-14(7-9-15)17(10-11-17)16(19)12-13-4-2-1-3-5-13/h1-9H,10-12,18H2. The number of rotatable bonds is 4. The Hall–Kier alpha value is -2.09. The summed E-state index contributed by atoms with van der Waals surface area (Å²) in [4.78, 5) is 12.6.